The SMILES string of the molecule is CCC=CCCOC(=O)C(C)(C)C. The van der Waals surface area contributed by atoms with Crippen LogP contribution in [-0.4, -0.2) is 12.6 Å². The molecule has 0 atom stereocenters. The van der Waals surface area contributed by atoms with Crippen molar-refractivity contribution in [1.29, 1.82) is 0 Å². The van der Waals surface area contributed by atoms with E-state index in [2.05, 4.69) is 13.0 Å². The van der Waals surface area contributed by atoms with E-state index in [4.69, 9.17) is 4.74 Å². The molecule has 0 aromatic rings. The minimum Gasteiger partial charge on any atom is -0.465 e. The Labute approximate surface area is 81.0 Å². The Morgan fingerprint density at radius 1 is 1.31 bits per heavy atom. The fraction of sp³-hybridized carbons (Fsp3) is 0.727. The molecule has 0 aromatic heterocycles. The van der Waals surface area contributed by atoms with Crippen LogP contribution in [0.25, 0.3) is 0 Å². The zero-order valence-corrected chi connectivity index (χ0v) is 9.09. The van der Waals surface area contributed by atoms with Crippen LogP contribution in [0, 0.1) is 5.41 Å². The average molecular weight is 184 g/mol. The Morgan fingerprint density at radius 3 is 2.38 bits per heavy atom. The summed E-state index contributed by atoms with van der Waals surface area (Å²) >= 11 is 0. The number of ether oxygens (including phenoxy) is 1. The van der Waals surface area contributed by atoms with Gasteiger partial charge in [0, 0.05) is 0 Å². The Hall–Kier alpha value is -0.790. The lowest BCUT2D eigenvalue weighted by molar-refractivity contribution is -0.152. The fourth-order valence-electron chi connectivity index (χ4n) is 0.721. The Kier molecular flexibility index (Phi) is 5.44. The van der Waals surface area contributed by atoms with Crippen molar-refractivity contribution in [1.82, 2.24) is 0 Å². The monoisotopic (exact) mass is 184 g/mol. The summed E-state index contributed by atoms with van der Waals surface area (Å²) < 4.78 is 5.06. The highest BCUT2D eigenvalue weighted by molar-refractivity contribution is 5.75. The van der Waals surface area contributed by atoms with E-state index in [9.17, 15) is 4.79 Å². The van der Waals surface area contributed by atoms with Crippen molar-refractivity contribution < 1.29 is 9.53 Å². The van der Waals surface area contributed by atoms with E-state index < -0.39 is 0 Å². The molecule has 0 saturated heterocycles. The van der Waals surface area contributed by atoms with Gasteiger partial charge in [0.1, 0.15) is 0 Å². The zero-order valence-electron chi connectivity index (χ0n) is 9.09. The van der Waals surface area contributed by atoms with Gasteiger partial charge in [0.25, 0.3) is 0 Å². The second-order valence-corrected chi connectivity index (χ2v) is 4.05. The summed E-state index contributed by atoms with van der Waals surface area (Å²) in [5.41, 5.74) is -0.380. The van der Waals surface area contributed by atoms with Crippen molar-refractivity contribution in [3.63, 3.8) is 0 Å². The quantitative estimate of drug-likeness (QED) is 0.381. The first-order chi connectivity index (χ1) is 5.98. The number of allylic oxidation sites excluding steroid dienone is 1. The maximum Gasteiger partial charge on any atom is 0.311 e. The third kappa shape index (κ3) is 6.38. The normalized spacial score (nSPS) is 12.0. The number of hydrogen-bond acceptors (Lipinski definition) is 2. The van der Waals surface area contributed by atoms with Crippen LogP contribution < -0.4 is 0 Å². The minimum atomic E-state index is -0.380. The molecule has 2 heteroatoms. The fourth-order valence-corrected chi connectivity index (χ4v) is 0.721. The molecule has 2 nitrogen and oxygen atoms in total. The van der Waals surface area contributed by atoms with Crippen molar-refractivity contribution >= 4 is 5.97 Å². The Balaban J connectivity index is 3.55. The van der Waals surface area contributed by atoms with Crippen molar-refractivity contribution in [2.45, 2.75) is 40.5 Å². The van der Waals surface area contributed by atoms with Gasteiger partial charge in [-0.25, -0.2) is 0 Å². The van der Waals surface area contributed by atoms with Gasteiger partial charge in [-0.2, -0.15) is 0 Å². The molecule has 0 radical (unpaired) electrons. The molecule has 0 N–H and O–H groups in total. The van der Waals surface area contributed by atoms with Crippen LogP contribution in [0.3, 0.4) is 0 Å². The first kappa shape index (κ1) is 12.2. The first-order valence-corrected chi connectivity index (χ1v) is 4.80. The number of esters is 1. The topological polar surface area (TPSA) is 26.3 Å². The molecule has 0 saturated carbocycles. The van der Waals surface area contributed by atoms with E-state index in [-0.39, 0.29) is 11.4 Å². The molecule has 0 aliphatic heterocycles. The van der Waals surface area contributed by atoms with Gasteiger partial charge in [0.2, 0.25) is 0 Å². The van der Waals surface area contributed by atoms with Crippen LogP contribution in [0.2, 0.25) is 0 Å². The smallest absolute Gasteiger partial charge is 0.311 e. The largest absolute Gasteiger partial charge is 0.465 e. The van der Waals surface area contributed by atoms with Gasteiger partial charge in [-0.3, -0.25) is 4.79 Å². The van der Waals surface area contributed by atoms with Crippen LogP contribution in [0.1, 0.15) is 40.5 Å². The van der Waals surface area contributed by atoms with Gasteiger partial charge in [-0.1, -0.05) is 19.1 Å². The number of carbonyl (C=O) groups excluding carboxylic acids is 1. The van der Waals surface area contributed by atoms with Crippen LogP contribution >= 0.6 is 0 Å². The second-order valence-electron chi connectivity index (χ2n) is 4.05. The van der Waals surface area contributed by atoms with Crippen LogP contribution in [-0.2, 0) is 9.53 Å². The summed E-state index contributed by atoms with van der Waals surface area (Å²) in [5.74, 6) is -0.127. The van der Waals surface area contributed by atoms with E-state index in [1.165, 1.54) is 0 Å². The lowest BCUT2D eigenvalue weighted by Crippen LogP contribution is -2.23. The molecular weight excluding hydrogens is 164 g/mol. The molecule has 0 aromatic carbocycles. The predicted molar refractivity (Wildman–Crippen MR) is 54.5 cm³/mol. The number of hydrogen-bond donors (Lipinski definition) is 0. The van der Waals surface area contributed by atoms with E-state index in [0.717, 1.165) is 12.8 Å². The molecular formula is C11H20O2. The second kappa shape index (κ2) is 5.79. The number of carbonyl (C=O) groups is 1. The molecule has 0 spiro atoms. The maximum absolute atomic E-state index is 11.3. The molecule has 0 bridgehead atoms. The van der Waals surface area contributed by atoms with Crippen molar-refractivity contribution in [3.05, 3.63) is 12.2 Å². The molecule has 0 rings (SSSR count). The highest BCUT2D eigenvalue weighted by Gasteiger charge is 2.22. The highest BCUT2D eigenvalue weighted by atomic mass is 16.5. The third-order valence-corrected chi connectivity index (χ3v) is 1.53. The summed E-state index contributed by atoms with van der Waals surface area (Å²) in [5, 5.41) is 0. The molecule has 76 valence electrons. The van der Waals surface area contributed by atoms with Gasteiger partial charge in [-0.15, -0.1) is 0 Å². The molecule has 0 unspecified atom stereocenters. The Bertz CT molecular complexity index is 175. The summed E-state index contributed by atoms with van der Waals surface area (Å²) in [4.78, 5) is 11.3. The van der Waals surface area contributed by atoms with E-state index in [0.29, 0.717) is 6.61 Å². The van der Waals surface area contributed by atoms with E-state index in [1.807, 2.05) is 26.8 Å². The minimum absolute atomic E-state index is 0.127. The van der Waals surface area contributed by atoms with E-state index >= 15 is 0 Å². The van der Waals surface area contributed by atoms with Crippen LogP contribution in [0.15, 0.2) is 12.2 Å². The van der Waals surface area contributed by atoms with E-state index in [1.54, 1.807) is 0 Å². The number of rotatable bonds is 4. The van der Waals surface area contributed by atoms with Gasteiger partial charge in [0.15, 0.2) is 0 Å². The zero-order chi connectivity index (χ0) is 10.3. The highest BCUT2D eigenvalue weighted by Crippen LogP contribution is 2.14. The molecule has 0 aliphatic rings. The summed E-state index contributed by atoms with van der Waals surface area (Å²) in [6, 6.07) is 0. The molecule has 0 amide bonds. The van der Waals surface area contributed by atoms with Gasteiger partial charge in [-0.05, 0) is 33.6 Å². The summed E-state index contributed by atoms with van der Waals surface area (Å²) in [7, 11) is 0. The third-order valence-electron chi connectivity index (χ3n) is 1.53. The van der Waals surface area contributed by atoms with Crippen molar-refractivity contribution in [3.8, 4) is 0 Å². The summed E-state index contributed by atoms with van der Waals surface area (Å²) in [6.45, 7) is 8.15. The standard InChI is InChI=1S/C11H20O2/c1-5-6-7-8-9-13-10(12)11(2,3)4/h6-7H,5,8-9H2,1-4H3. The van der Waals surface area contributed by atoms with Crippen LogP contribution in [0.5, 0.6) is 0 Å². The van der Waals surface area contributed by atoms with Gasteiger partial charge < -0.3 is 4.74 Å². The average Bonchev–Trinajstić information content (AvgIpc) is 2.02. The molecule has 0 heterocycles. The lowest BCUT2D eigenvalue weighted by atomic mass is 9.97. The van der Waals surface area contributed by atoms with Gasteiger partial charge >= 0.3 is 5.97 Å². The summed E-state index contributed by atoms with van der Waals surface area (Å²) in [6.07, 6.45) is 5.96. The molecule has 13 heavy (non-hydrogen) atoms. The Morgan fingerprint density at radius 2 is 1.92 bits per heavy atom. The molecule has 0 aliphatic carbocycles. The predicted octanol–water partition coefficient (Wildman–Crippen LogP) is 2.93. The van der Waals surface area contributed by atoms with Crippen molar-refractivity contribution in [2.75, 3.05) is 6.61 Å². The molecule has 0 fully saturated rings. The van der Waals surface area contributed by atoms with Crippen molar-refractivity contribution in [2.24, 2.45) is 5.41 Å². The van der Waals surface area contributed by atoms with Gasteiger partial charge in [0.05, 0.1) is 12.0 Å². The first-order valence-electron chi connectivity index (χ1n) is 4.80. The lowest BCUT2D eigenvalue weighted by Gasteiger charge is -2.15. The van der Waals surface area contributed by atoms with Crippen LogP contribution in [0.4, 0.5) is 0 Å². The maximum atomic E-state index is 11.3.